The fraction of sp³-hybridized carbons (Fsp3) is 0.360. The molecule has 166 valence electrons. The lowest BCUT2D eigenvalue weighted by Gasteiger charge is -2.34. The SMILES string of the molecule is COC(=O)c1[nH]c2ccc(OC)cc2c1[C@]12CCN(C(=O)C(C)C)[C@H]1Nc1ccccc12. The molecule has 32 heavy (non-hydrogen) atoms. The van der Waals surface area contributed by atoms with Crippen molar-refractivity contribution in [1.82, 2.24) is 9.88 Å². The molecule has 2 aromatic carbocycles. The summed E-state index contributed by atoms with van der Waals surface area (Å²) in [6.45, 7) is 4.43. The number of hydrogen-bond donors (Lipinski definition) is 2. The van der Waals surface area contributed by atoms with Gasteiger partial charge in [-0.3, -0.25) is 4.79 Å². The van der Waals surface area contributed by atoms with Gasteiger partial charge in [0.15, 0.2) is 0 Å². The summed E-state index contributed by atoms with van der Waals surface area (Å²) in [6, 6.07) is 13.8. The Morgan fingerprint density at radius 2 is 1.94 bits per heavy atom. The summed E-state index contributed by atoms with van der Waals surface area (Å²) < 4.78 is 10.7. The van der Waals surface area contributed by atoms with Crippen LogP contribution in [0.4, 0.5) is 5.69 Å². The molecule has 0 unspecified atom stereocenters. The number of carbonyl (C=O) groups excluding carboxylic acids is 2. The number of amides is 1. The number of rotatable bonds is 4. The largest absolute Gasteiger partial charge is 0.497 e. The maximum Gasteiger partial charge on any atom is 0.354 e. The van der Waals surface area contributed by atoms with Crippen LogP contribution in [0.25, 0.3) is 10.9 Å². The summed E-state index contributed by atoms with van der Waals surface area (Å²) in [5.41, 5.74) is 3.55. The summed E-state index contributed by atoms with van der Waals surface area (Å²) in [5, 5.41) is 4.49. The van der Waals surface area contributed by atoms with Gasteiger partial charge in [0.1, 0.15) is 17.6 Å². The van der Waals surface area contributed by atoms with E-state index in [4.69, 9.17) is 9.47 Å². The standard InChI is InChI=1S/C25H27N3O4/c1-14(2)22(29)28-12-11-25(17-7-5-6-8-19(17)27-24(25)28)20-16-13-15(31-3)9-10-18(16)26-21(20)23(30)32-4/h5-10,13-14,24,26-27H,11-12H2,1-4H3/t24-,25-/m1/s1. The van der Waals surface area contributed by atoms with Gasteiger partial charge in [-0.15, -0.1) is 0 Å². The fourth-order valence-corrected chi connectivity index (χ4v) is 5.44. The Morgan fingerprint density at radius 1 is 1.16 bits per heavy atom. The molecule has 2 aliphatic heterocycles. The Morgan fingerprint density at radius 3 is 2.66 bits per heavy atom. The quantitative estimate of drug-likeness (QED) is 0.610. The van der Waals surface area contributed by atoms with Crippen molar-refractivity contribution in [1.29, 1.82) is 0 Å². The lowest BCUT2D eigenvalue weighted by atomic mass is 9.72. The van der Waals surface area contributed by atoms with Gasteiger partial charge in [0.2, 0.25) is 5.91 Å². The number of nitrogens with one attached hydrogen (secondary N) is 2. The van der Waals surface area contributed by atoms with Crippen molar-refractivity contribution in [3.05, 3.63) is 59.3 Å². The van der Waals surface area contributed by atoms with Gasteiger partial charge in [-0.2, -0.15) is 0 Å². The number of ether oxygens (including phenoxy) is 2. The van der Waals surface area contributed by atoms with Gasteiger partial charge < -0.3 is 24.7 Å². The number of H-pyrrole nitrogens is 1. The number of aromatic nitrogens is 1. The van der Waals surface area contributed by atoms with Crippen molar-refractivity contribution >= 4 is 28.5 Å². The number of methoxy groups -OCH3 is 2. The highest BCUT2D eigenvalue weighted by atomic mass is 16.5. The highest BCUT2D eigenvalue weighted by Gasteiger charge is 2.58. The monoisotopic (exact) mass is 433 g/mol. The third-order valence-electron chi connectivity index (χ3n) is 6.84. The molecule has 7 heteroatoms. The van der Waals surface area contributed by atoms with E-state index in [2.05, 4.69) is 16.4 Å². The highest BCUT2D eigenvalue weighted by Crippen LogP contribution is 2.55. The van der Waals surface area contributed by atoms with Crippen LogP contribution < -0.4 is 10.1 Å². The predicted molar refractivity (Wildman–Crippen MR) is 122 cm³/mol. The number of fused-ring (bicyclic) bond motifs is 4. The smallest absolute Gasteiger partial charge is 0.354 e. The Kier molecular flexibility index (Phi) is 4.65. The Labute approximate surface area is 186 Å². The molecule has 2 aliphatic rings. The summed E-state index contributed by atoms with van der Waals surface area (Å²) >= 11 is 0. The third kappa shape index (κ3) is 2.66. The van der Waals surface area contributed by atoms with Crippen molar-refractivity contribution < 1.29 is 19.1 Å². The fourth-order valence-electron chi connectivity index (χ4n) is 5.44. The number of anilines is 1. The molecule has 2 atom stereocenters. The first-order valence-corrected chi connectivity index (χ1v) is 10.9. The average Bonchev–Trinajstić information content (AvgIpc) is 3.45. The van der Waals surface area contributed by atoms with E-state index in [9.17, 15) is 9.59 Å². The van der Waals surface area contributed by atoms with Gasteiger partial charge in [0.25, 0.3) is 0 Å². The molecule has 0 saturated carbocycles. The van der Waals surface area contributed by atoms with E-state index in [1.807, 2.05) is 55.1 Å². The van der Waals surface area contributed by atoms with Gasteiger partial charge in [-0.05, 0) is 36.2 Å². The Balaban J connectivity index is 1.83. The summed E-state index contributed by atoms with van der Waals surface area (Å²) in [5.74, 6) is 0.240. The number of nitrogens with zero attached hydrogens (tertiary/aromatic N) is 1. The van der Waals surface area contributed by atoms with Crippen LogP contribution in [-0.4, -0.2) is 48.7 Å². The summed E-state index contributed by atoms with van der Waals surface area (Å²) in [4.78, 5) is 31.3. The molecule has 0 bridgehead atoms. The molecule has 1 amide bonds. The zero-order chi connectivity index (χ0) is 22.6. The molecule has 3 heterocycles. The Bertz CT molecular complexity index is 1230. The molecule has 0 radical (unpaired) electrons. The summed E-state index contributed by atoms with van der Waals surface area (Å²) in [7, 11) is 3.01. The second-order valence-electron chi connectivity index (χ2n) is 8.78. The molecular formula is C25H27N3O4. The second kappa shape index (κ2) is 7.29. The van der Waals surface area contributed by atoms with Crippen molar-refractivity contribution in [2.45, 2.75) is 31.8 Å². The van der Waals surface area contributed by atoms with Crippen molar-refractivity contribution in [2.75, 3.05) is 26.1 Å². The lowest BCUT2D eigenvalue weighted by Crippen LogP contribution is -2.48. The van der Waals surface area contributed by atoms with Gasteiger partial charge in [-0.1, -0.05) is 32.0 Å². The van der Waals surface area contributed by atoms with Crippen LogP contribution in [0.1, 0.15) is 41.9 Å². The minimum Gasteiger partial charge on any atom is -0.497 e. The van der Waals surface area contributed by atoms with Crippen LogP contribution in [0.5, 0.6) is 5.75 Å². The highest BCUT2D eigenvalue weighted by molar-refractivity contribution is 6.01. The molecule has 3 aromatic rings. The molecule has 2 N–H and O–H groups in total. The van der Waals surface area contributed by atoms with E-state index in [1.54, 1.807) is 7.11 Å². The maximum absolute atomic E-state index is 13.2. The van der Waals surface area contributed by atoms with Crippen LogP contribution in [0.3, 0.4) is 0 Å². The maximum atomic E-state index is 13.2. The normalized spacial score (nSPS) is 21.4. The average molecular weight is 434 g/mol. The number of para-hydroxylation sites is 1. The van der Waals surface area contributed by atoms with E-state index in [0.29, 0.717) is 24.4 Å². The van der Waals surface area contributed by atoms with Crippen LogP contribution >= 0.6 is 0 Å². The zero-order valence-corrected chi connectivity index (χ0v) is 18.7. The second-order valence-corrected chi connectivity index (χ2v) is 8.78. The van der Waals surface area contributed by atoms with E-state index < -0.39 is 11.4 Å². The van der Waals surface area contributed by atoms with Gasteiger partial charge >= 0.3 is 5.97 Å². The molecule has 1 saturated heterocycles. The van der Waals surface area contributed by atoms with Gasteiger partial charge in [-0.25, -0.2) is 4.79 Å². The molecular weight excluding hydrogens is 406 g/mol. The van der Waals surface area contributed by atoms with Crippen molar-refractivity contribution in [3.63, 3.8) is 0 Å². The first-order valence-electron chi connectivity index (χ1n) is 10.9. The number of likely N-dealkylation sites (tertiary alicyclic amines) is 1. The predicted octanol–water partition coefficient (Wildman–Crippen LogP) is 3.89. The summed E-state index contributed by atoms with van der Waals surface area (Å²) in [6.07, 6.45) is 0.386. The molecule has 7 nitrogen and oxygen atoms in total. The van der Waals surface area contributed by atoms with Crippen LogP contribution in [0.2, 0.25) is 0 Å². The minimum absolute atomic E-state index is 0.0919. The molecule has 0 spiro atoms. The molecule has 5 rings (SSSR count). The number of benzene rings is 2. The van der Waals surface area contributed by atoms with Crippen LogP contribution in [0, 0.1) is 5.92 Å². The molecule has 1 fully saturated rings. The minimum atomic E-state index is -0.602. The number of esters is 1. The Hall–Kier alpha value is -3.48. The first kappa shape index (κ1) is 20.4. The van der Waals surface area contributed by atoms with E-state index in [0.717, 1.165) is 27.7 Å². The lowest BCUT2D eigenvalue weighted by molar-refractivity contribution is -0.135. The zero-order valence-electron chi connectivity index (χ0n) is 18.7. The van der Waals surface area contributed by atoms with E-state index >= 15 is 0 Å². The number of hydrogen-bond acceptors (Lipinski definition) is 5. The topological polar surface area (TPSA) is 83.7 Å². The molecule has 1 aromatic heterocycles. The van der Waals surface area contributed by atoms with Crippen LogP contribution in [-0.2, 0) is 14.9 Å². The molecule has 0 aliphatic carbocycles. The van der Waals surface area contributed by atoms with Gasteiger partial charge in [0.05, 0.1) is 19.6 Å². The van der Waals surface area contributed by atoms with Crippen molar-refractivity contribution in [3.8, 4) is 5.75 Å². The van der Waals surface area contributed by atoms with E-state index in [1.165, 1.54) is 7.11 Å². The number of aromatic amines is 1. The van der Waals surface area contributed by atoms with E-state index in [-0.39, 0.29) is 18.0 Å². The van der Waals surface area contributed by atoms with Crippen LogP contribution in [0.15, 0.2) is 42.5 Å². The van der Waals surface area contributed by atoms with Crippen molar-refractivity contribution in [2.24, 2.45) is 5.92 Å². The van der Waals surface area contributed by atoms with Gasteiger partial charge in [0, 0.05) is 34.6 Å². The number of carbonyl (C=O) groups is 2. The first-order chi connectivity index (χ1) is 15.4. The third-order valence-corrected chi connectivity index (χ3v) is 6.84.